The van der Waals surface area contributed by atoms with Crippen molar-refractivity contribution in [1.82, 2.24) is 0 Å². The molecule has 0 unspecified atom stereocenters. The predicted octanol–water partition coefficient (Wildman–Crippen LogP) is 3.63. The van der Waals surface area contributed by atoms with Crippen LogP contribution in [0.3, 0.4) is 0 Å². The highest BCUT2D eigenvalue weighted by Crippen LogP contribution is 2.33. The zero-order chi connectivity index (χ0) is 15.9. The third kappa shape index (κ3) is 2.33. The molecule has 0 aliphatic carbocycles. The molecule has 0 saturated carbocycles. The van der Waals surface area contributed by atoms with Gasteiger partial charge in [-0.2, -0.15) is 0 Å². The molecule has 0 bridgehead atoms. The van der Waals surface area contributed by atoms with Crippen LogP contribution in [0.2, 0.25) is 5.02 Å². The summed E-state index contributed by atoms with van der Waals surface area (Å²) >= 11 is 6.04. The van der Waals surface area contributed by atoms with Gasteiger partial charge in [-0.1, -0.05) is 11.6 Å². The van der Waals surface area contributed by atoms with Gasteiger partial charge in [-0.15, -0.1) is 0 Å². The van der Waals surface area contributed by atoms with Gasteiger partial charge in [-0.05, 0) is 36.8 Å². The van der Waals surface area contributed by atoms with Crippen LogP contribution in [0.25, 0.3) is 0 Å². The number of carbonyl (C=O) groups is 1. The van der Waals surface area contributed by atoms with E-state index in [9.17, 15) is 14.9 Å². The average molecular weight is 316 g/mol. The minimum atomic E-state index is -0.486. The molecule has 1 aliphatic rings. The van der Waals surface area contributed by atoms with E-state index in [0.29, 0.717) is 22.0 Å². The number of amides is 1. The van der Waals surface area contributed by atoms with Crippen LogP contribution < -0.4 is 5.32 Å². The first kappa shape index (κ1) is 14.2. The Balaban J connectivity index is 2.04. The zero-order valence-corrected chi connectivity index (χ0v) is 12.2. The summed E-state index contributed by atoms with van der Waals surface area (Å²) < 4.78 is 0. The van der Waals surface area contributed by atoms with E-state index in [-0.39, 0.29) is 17.3 Å². The van der Waals surface area contributed by atoms with Crippen molar-refractivity contribution in [2.45, 2.75) is 6.92 Å². The number of fused-ring (bicyclic) bond motifs is 1. The van der Waals surface area contributed by atoms with Crippen molar-refractivity contribution in [1.29, 1.82) is 0 Å². The number of nitrogens with one attached hydrogen (secondary N) is 1. The number of non-ortho nitro benzene ring substituents is 1. The van der Waals surface area contributed by atoms with Gasteiger partial charge < -0.3 is 5.32 Å². The second-order valence-electron chi connectivity index (χ2n) is 4.78. The van der Waals surface area contributed by atoms with Crippen molar-refractivity contribution < 1.29 is 9.72 Å². The molecule has 0 fully saturated rings. The summed E-state index contributed by atoms with van der Waals surface area (Å²) in [6.45, 7) is 1.82. The molecule has 2 aromatic rings. The molecule has 7 heteroatoms. The fourth-order valence-electron chi connectivity index (χ4n) is 2.23. The number of aliphatic imine (C=N–C) groups is 1. The van der Waals surface area contributed by atoms with Gasteiger partial charge in [0, 0.05) is 22.7 Å². The number of halogens is 1. The maximum atomic E-state index is 12.1. The highest BCUT2D eigenvalue weighted by molar-refractivity contribution is 6.54. The van der Waals surface area contributed by atoms with E-state index in [2.05, 4.69) is 10.3 Å². The van der Waals surface area contributed by atoms with E-state index in [1.807, 2.05) is 6.92 Å². The Hall–Kier alpha value is -2.73. The molecule has 0 saturated heterocycles. The normalized spacial score (nSPS) is 14.8. The Labute approximate surface area is 130 Å². The van der Waals surface area contributed by atoms with Gasteiger partial charge in [0.2, 0.25) is 0 Å². The Morgan fingerprint density at radius 3 is 2.50 bits per heavy atom. The minimum absolute atomic E-state index is 0.0251. The first-order valence-corrected chi connectivity index (χ1v) is 6.79. The molecule has 6 nitrogen and oxygen atoms in total. The van der Waals surface area contributed by atoms with Crippen LogP contribution >= 0.6 is 11.6 Å². The first-order valence-electron chi connectivity index (χ1n) is 6.41. The smallest absolute Gasteiger partial charge is 0.275 e. The van der Waals surface area contributed by atoms with E-state index >= 15 is 0 Å². The lowest BCUT2D eigenvalue weighted by molar-refractivity contribution is -0.384. The molecule has 0 spiro atoms. The fourth-order valence-corrected chi connectivity index (χ4v) is 2.39. The topological polar surface area (TPSA) is 84.6 Å². The Morgan fingerprint density at radius 1 is 1.18 bits per heavy atom. The summed E-state index contributed by atoms with van der Waals surface area (Å²) in [7, 11) is 0. The summed E-state index contributed by atoms with van der Waals surface area (Å²) in [5, 5.41) is 13.9. The van der Waals surface area contributed by atoms with E-state index in [1.165, 1.54) is 24.3 Å². The third-order valence-electron chi connectivity index (χ3n) is 3.41. The van der Waals surface area contributed by atoms with Crippen LogP contribution in [-0.4, -0.2) is 16.5 Å². The summed E-state index contributed by atoms with van der Waals surface area (Å²) in [6.07, 6.45) is 0. The van der Waals surface area contributed by atoms with Crippen molar-refractivity contribution in [2.24, 2.45) is 4.99 Å². The molecule has 0 aromatic heterocycles. The number of nitro groups is 1. The third-order valence-corrected chi connectivity index (χ3v) is 3.82. The second kappa shape index (κ2) is 5.23. The van der Waals surface area contributed by atoms with E-state index < -0.39 is 4.92 Å². The van der Waals surface area contributed by atoms with Gasteiger partial charge in [-0.25, -0.2) is 4.99 Å². The van der Waals surface area contributed by atoms with E-state index in [0.717, 1.165) is 5.56 Å². The van der Waals surface area contributed by atoms with Gasteiger partial charge in [0.25, 0.3) is 11.6 Å². The van der Waals surface area contributed by atoms with Crippen LogP contribution in [0, 0.1) is 17.0 Å². The number of hydrogen-bond donors (Lipinski definition) is 1. The maximum absolute atomic E-state index is 12.1. The molecule has 1 heterocycles. The highest BCUT2D eigenvalue weighted by Gasteiger charge is 2.28. The monoisotopic (exact) mass is 315 g/mol. The highest BCUT2D eigenvalue weighted by atomic mass is 35.5. The van der Waals surface area contributed by atoms with Gasteiger partial charge in [0.1, 0.15) is 5.71 Å². The van der Waals surface area contributed by atoms with Gasteiger partial charge in [0.15, 0.2) is 0 Å². The number of rotatable bonds is 2. The summed E-state index contributed by atoms with van der Waals surface area (Å²) in [6, 6.07) is 9.13. The Morgan fingerprint density at radius 2 is 1.86 bits per heavy atom. The Kier molecular flexibility index (Phi) is 3.38. The molecule has 1 aliphatic heterocycles. The predicted molar refractivity (Wildman–Crippen MR) is 84.1 cm³/mol. The molecule has 2 aromatic carbocycles. The van der Waals surface area contributed by atoms with E-state index in [1.54, 1.807) is 12.1 Å². The molecule has 0 radical (unpaired) electrons. The number of nitro benzene ring substituents is 1. The number of carbonyl (C=O) groups excluding carboxylic acids is 1. The summed E-state index contributed by atoms with van der Waals surface area (Å²) in [5.41, 5.74) is 2.81. The lowest BCUT2D eigenvalue weighted by Crippen LogP contribution is -2.13. The number of nitrogens with zero attached hydrogens (tertiary/aromatic N) is 2. The van der Waals surface area contributed by atoms with Gasteiger partial charge >= 0.3 is 0 Å². The number of anilines is 1. The van der Waals surface area contributed by atoms with Crippen molar-refractivity contribution in [3.63, 3.8) is 0 Å². The molecule has 3 rings (SSSR count). The largest absolute Gasteiger partial charge is 0.320 e. The summed E-state index contributed by atoms with van der Waals surface area (Å²) in [5.74, 6) is -0.321. The van der Waals surface area contributed by atoms with Crippen LogP contribution in [-0.2, 0) is 4.79 Å². The van der Waals surface area contributed by atoms with Gasteiger partial charge in [-0.3, -0.25) is 14.9 Å². The molecule has 1 N–H and O–H groups in total. The lowest BCUT2D eigenvalue weighted by Gasteiger charge is -2.04. The average Bonchev–Trinajstić information content (AvgIpc) is 2.81. The molecular formula is C15H10ClN3O3. The number of benzene rings is 2. The van der Waals surface area contributed by atoms with Crippen LogP contribution in [0.5, 0.6) is 0 Å². The standard InChI is InChI=1S/C15H10ClN3O3/c1-8-12(16)7-6-11-13(8)18-15(20)14(11)17-9-2-4-10(5-3-9)19(21)22/h2-7H,1H3,(H,17,18,20). The molecular weight excluding hydrogens is 306 g/mol. The first-order chi connectivity index (χ1) is 10.5. The SMILES string of the molecule is Cc1c(Cl)ccc2c1NC(=O)C2=Nc1ccc([N+](=O)[O-])cc1. The quantitative estimate of drug-likeness (QED) is 0.678. The maximum Gasteiger partial charge on any atom is 0.275 e. The molecule has 0 atom stereocenters. The van der Waals surface area contributed by atoms with Crippen molar-refractivity contribution in [3.05, 3.63) is 62.7 Å². The zero-order valence-electron chi connectivity index (χ0n) is 11.5. The minimum Gasteiger partial charge on any atom is -0.320 e. The van der Waals surface area contributed by atoms with Gasteiger partial charge in [0.05, 0.1) is 16.3 Å². The second-order valence-corrected chi connectivity index (χ2v) is 5.19. The lowest BCUT2D eigenvalue weighted by atomic mass is 10.1. The van der Waals surface area contributed by atoms with Crippen molar-refractivity contribution in [3.8, 4) is 0 Å². The fraction of sp³-hybridized carbons (Fsp3) is 0.0667. The van der Waals surface area contributed by atoms with Crippen molar-refractivity contribution in [2.75, 3.05) is 5.32 Å². The van der Waals surface area contributed by atoms with Crippen LogP contribution in [0.4, 0.5) is 17.1 Å². The van der Waals surface area contributed by atoms with Crippen LogP contribution in [0.1, 0.15) is 11.1 Å². The van der Waals surface area contributed by atoms with Crippen LogP contribution in [0.15, 0.2) is 41.4 Å². The summed E-state index contributed by atoms with van der Waals surface area (Å²) in [4.78, 5) is 26.5. The molecule has 1 amide bonds. The molecule has 110 valence electrons. The van der Waals surface area contributed by atoms with Crippen molar-refractivity contribution >= 4 is 40.3 Å². The number of hydrogen-bond acceptors (Lipinski definition) is 4. The van der Waals surface area contributed by atoms with E-state index in [4.69, 9.17) is 11.6 Å². The Bertz CT molecular complexity index is 829. The molecule has 22 heavy (non-hydrogen) atoms.